The third-order valence-corrected chi connectivity index (χ3v) is 4.22. The summed E-state index contributed by atoms with van der Waals surface area (Å²) in [5.41, 5.74) is 4.12. The predicted octanol–water partition coefficient (Wildman–Crippen LogP) is 5.30. The Labute approximate surface area is 154 Å². The van der Waals surface area contributed by atoms with E-state index in [1.165, 1.54) is 0 Å². The molecule has 0 fully saturated rings. The lowest BCUT2D eigenvalue weighted by atomic mass is 9.94. The zero-order valence-electron chi connectivity index (χ0n) is 15.2. The van der Waals surface area contributed by atoms with Gasteiger partial charge in [-0.15, -0.1) is 0 Å². The molecule has 132 valence electrons. The monoisotopic (exact) mass is 346 g/mol. The number of methoxy groups -OCH3 is 3. The Morgan fingerprint density at radius 3 is 1.58 bits per heavy atom. The molecule has 3 heteroatoms. The fourth-order valence-corrected chi connectivity index (χ4v) is 2.90. The Morgan fingerprint density at radius 2 is 1.12 bits per heavy atom. The minimum absolute atomic E-state index is 0.818. The highest BCUT2D eigenvalue weighted by Crippen LogP contribution is 2.37. The van der Waals surface area contributed by atoms with Crippen molar-refractivity contribution in [3.63, 3.8) is 0 Å². The van der Waals surface area contributed by atoms with Crippen LogP contribution in [0.2, 0.25) is 0 Å². The summed E-state index contributed by atoms with van der Waals surface area (Å²) in [5.74, 6) is 2.47. The normalized spacial score (nSPS) is 10.1. The summed E-state index contributed by atoms with van der Waals surface area (Å²) < 4.78 is 16.4. The van der Waals surface area contributed by atoms with Crippen LogP contribution >= 0.6 is 0 Å². The van der Waals surface area contributed by atoms with E-state index in [1.807, 2.05) is 60.7 Å². The molecule has 0 heterocycles. The van der Waals surface area contributed by atoms with E-state index < -0.39 is 0 Å². The van der Waals surface area contributed by atoms with E-state index >= 15 is 0 Å². The van der Waals surface area contributed by atoms with Gasteiger partial charge < -0.3 is 14.2 Å². The zero-order valence-corrected chi connectivity index (χ0v) is 15.2. The molecule has 0 N–H and O–H groups in total. The van der Waals surface area contributed by atoms with Gasteiger partial charge in [0.05, 0.1) is 21.3 Å². The Kier molecular flexibility index (Phi) is 5.59. The summed E-state index contributed by atoms with van der Waals surface area (Å²) in [6.07, 6.45) is 2.13. The van der Waals surface area contributed by atoms with E-state index in [4.69, 9.17) is 14.2 Å². The third kappa shape index (κ3) is 3.72. The van der Waals surface area contributed by atoms with Crippen molar-refractivity contribution in [2.45, 2.75) is 0 Å². The van der Waals surface area contributed by atoms with Gasteiger partial charge in [0.2, 0.25) is 0 Å². The van der Waals surface area contributed by atoms with E-state index in [1.54, 1.807) is 21.3 Å². The number of rotatable bonds is 6. The summed E-state index contributed by atoms with van der Waals surface area (Å²) in [4.78, 5) is 0. The van der Waals surface area contributed by atoms with Crippen molar-refractivity contribution in [1.29, 1.82) is 0 Å². The van der Waals surface area contributed by atoms with Gasteiger partial charge in [-0.05, 0) is 41.5 Å². The first-order valence-electron chi connectivity index (χ1n) is 8.39. The van der Waals surface area contributed by atoms with Crippen molar-refractivity contribution >= 4 is 11.6 Å². The predicted molar refractivity (Wildman–Crippen MR) is 106 cm³/mol. The average Bonchev–Trinajstić information content (AvgIpc) is 2.72. The molecule has 0 aromatic heterocycles. The molecule has 0 spiro atoms. The van der Waals surface area contributed by atoms with Crippen LogP contribution in [0, 0.1) is 0 Å². The fraction of sp³-hybridized carbons (Fsp3) is 0.130. The van der Waals surface area contributed by atoms with Gasteiger partial charge in [-0.3, -0.25) is 0 Å². The third-order valence-electron chi connectivity index (χ3n) is 4.22. The first-order chi connectivity index (χ1) is 12.8. The van der Waals surface area contributed by atoms with Gasteiger partial charge in [-0.25, -0.2) is 0 Å². The van der Waals surface area contributed by atoms with E-state index in [-0.39, 0.29) is 0 Å². The molecule has 0 saturated heterocycles. The molecule has 0 aliphatic carbocycles. The molecule has 0 aliphatic rings. The molecule has 0 saturated carbocycles. The molecule has 3 rings (SSSR count). The van der Waals surface area contributed by atoms with Crippen LogP contribution in [0.4, 0.5) is 0 Å². The second-order valence-corrected chi connectivity index (χ2v) is 5.73. The van der Waals surface area contributed by atoms with Gasteiger partial charge in [0.25, 0.3) is 0 Å². The Morgan fingerprint density at radius 1 is 0.615 bits per heavy atom. The van der Waals surface area contributed by atoms with Gasteiger partial charge in [0.1, 0.15) is 17.2 Å². The van der Waals surface area contributed by atoms with Crippen molar-refractivity contribution in [2.75, 3.05) is 21.3 Å². The van der Waals surface area contributed by atoms with Crippen molar-refractivity contribution in [3.05, 3.63) is 89.5 Å². The molecular weight excluding hydrogens is 324 g/mol. The maximum atomic E-state index is 5.59. The quantitative estimate of drug-likeness (QED) is 0.567. The Hall–Kier alpha value is -3.20. The molecule has 0 radical (unpaired) electrons. The molecule has 3 nitrogen and oxygen atoms in total. The molecular formula is C23H22O3. The van der Waals surface area contributed by atoms with Crippen LogP contribution in [0.15, 0.2) is 72.8 Å². The van der Waals surface area contributed by atoms with Crippen molar-refractivity contribution in [3.8, 4) is 17.2 Å². The fourth-order valence-electron chi connectivity index (χ4n) is 2.90. The second-order valence-electron chi connectivity index (χ2n) is 5.73. The lowest BCUT2D eigenvalue weighted by Crippen LogP contribution is -1.96. The van der Waals surface area contributed by atoms with Crippen LogP contribution in [0.3, 0.4) is 0 Å². The molecule has 26 heavy (non-hydrogen) atoms. The van der Waals surface area contributed by atoms with E-state index in [2.05, 4.69) is 18.2 Å². The van der Waals surface area contributed by atoms with Crippen LogP contribution in [0.25, 0.3) is 11.6 Å². The van der Waals surface area contributed by atoms with E-state index in [9.17, 15) is 0 Å². The minimum Gasteiger partial charge on any atom is -0.497 e. The molecule has 0 unspecified atom stereocenters. The summed E-state index contributed by atoms with van der Waals surface area (Å²) in [6.45, 7) is 0. The van der Waals surface area contributed by atoms with Crippen molar-refractivity contribution in [1.82, 2.24) is 0 Å². The Balaban J connectivity index is 2.20. The number of para-hydroxylation sites is 2. The highest BCUT2D eigenvalue weighted by molar-refractivity contribution is 5.95. The van der Waals surface area contributed by atoms with Crippen molar-refractivity contribution in [2.24, 2.45) is 0 Å². The van der Waals surface area contributed by atoms with Crippen LogP contribution in [0.5, 0.6) is 17.2 Å². The topological polar surface area (TPSA) is 27.7 Å². The number of benzene rings is 3. The van der Waals surface area contributed by atoms with Gasteiger partial charge in [0.15, 0.2) is 0 Å². The average molecular weight is 346 g/mol. The highest BCUT2D eigenvalue weighted by atomic mass is 16.5. The second kappa shape index (κ2) is 8.26. The summed E-state index contributed by atoms with van der Waals surface area (Å²) >= 11 is 0. The highest BCUT2D eigenvalue weighted by Gasteiger charge is 2.14. The number of ether oxygens (including phenoxy) is 3. The first-order valence-corrected chi connectivity index (χ1v) is 8.39. The van der Waals surface area contributed by atoms with Gasteiger partial charge in [-0.1, -0.05) is 48.5 Å². The number of hydrogen-bond donors (Lipinski definition) is 0. The minimum atomic E-state index is 0.818. The lowest BCUT2D eigenvalue weighted by Gasteiger charge is -2.16. The molecule has 0 atom stereocenters. The van der Waals surface area contributed by atoms with Crippen LogP contribution in [0.1, 0.15) is 16.7 Å². The SMILES string of the molecule is COc1ccc(C=C(c2ccccc2OC)c2ccccc2OC)cc1. The molecule has 0 aliphatic heterocycles. The van der Waals surface area contributed by atoms with Crippen LogP contribution in [-0.2, 0) is 0 Å². The summed E-state index contributed by atoms with van der Waals surface area (Å²) in [7, 11) is 5.04. The maximum Gasteiger partial charge on any atom is 0.126 e. The summed E-state index contributed by atoms with van der Waals surface area (Å²) in [6, 6.07) is 24.0. The molecule has 0 amide bonds. The Bertz CT molecular complexity index is 846. The van der Waals surface area contributed by atoms with Crippen molar-refractivity contribution < 1.29 is 14.2 Å². The zero-order chi connectivity index (χ0) is 18.4. The van der Waals surface area contributed by atoms with Gasteiger partial charge >= 0.3 is 0 Å². The van der Waals surface area contributed by atoms with Gasteiger partial charge in [0, 0.05) is 11.1 Å². The standard InChI is InChI=1S/C23H22O3/c1-24-18-14-12-17(13-15-18)16-21(19-8-4-6-10-22(19)25-2)20-9-5-7-11-23(20)26-3/h4-16H,1-3H3. The largest absolute Gasteiger partial charge is 0.497 e. The summed E-state index contributed by atoms with van der Waals surface area (Å²) in [5, 5.41) is 0. The van der Waals surface area contributed by atoms with E-state index in [0.29, 0.717) is 0 Å². The van der Waals surface area contributed by atoms with Gasteiger partial charge in [-0.2, -0.15) is 0 Å². The molecule has 3 aromatic rings. The van der Waals surface area contributed by atoms with Crippen LogP contribution in [-0.4, -0.2) is 21.3 Å². The van der Waals surface area contributed by atoms with E-state index in [0.717, 1.165) is 39.5 Å². The molecule has 3 aromatic carbocycles. The number of hydrogen-bond acceptors (Lipinski definition) is 3. The first kappa shape index (κ1) is 17.6. The maximum absolute atomic E-state index is 5.59. The molecule has 0 bridgehead atoms. The smallest absolute Gasteiger partial charge is 0.126 e. The van der Waals surface area contributed by atoms with Crippen LogP contribution < -0.4 is 14.2 Å². The lowest BCUT2D eigenvalue weighted by molar-refractivity contribution is 0.411.